The average molecular weight is 495 g/mol. The third-order valence-electron chi connectivity index (χ3n) is 7.42. The van der Waals surface area contributed by atoms with Gasteiger partial charge < -0.3 is 24.1 Å². The summed E-state index contributed by atoms with van der Waals surface area (Å²) >= 11 is 0. The molecule has 1 aromatic heterocycles. The lowest BCUT2D eigenvalue weighted by Crippen LogP contribution is -2.23. The molecule has 1 aromatic carbocycles. The standard InChI is InChI=1S/C24H25F4N3O4/c25-17-8-15(1-2-18(17)34-16-6-13-5-14(13)7-16)29-22(32)21-19(9-24(26,27)28)35-23(30-21)31-10-12-3-4-33-20(12)11-31/h1-2,8,12-14,16,20H,3-7,9-11H2,(H,29,32)/t12?,13-,14?,16?,20?/m0/s1. The molecule has 6 rings (SSSR count). The highest BCUT2D eigenvalue weighted by atomic mass is 19.4. The van der Waals surface area contributed by atoms with Crippen LogP contribution < -0.4 is 15.0 Å². The largest absolute Gasteiger partial charge is 0.487 e. The number of ether oxygens (including phenoxy) is 2. The smallest absolute Gasteiger partial charge is 0.396 e. The molecule has 3 heterocycles. The van der Waals surface area contributed by atoms with Crippen molar-refractivity contribution in [3.8, 4) is 5.75 Å². The van der Waals surface area contributed by atoms with Crippen LogP contribution in [0.5, 0.6) is 5.75 Å². The van der Waals surface area contributed by atoms with Gasteiger partial charge in [0.2, 0.25) is 0 Å². The van der Waals surface area contributed by atoms with Crippen molar-refractivity contribution in [3.63, 3.8) is 0 Å². The van der Waals surface area contributed by atoms with Crippen LogP contribution in [0, 0.1) is 23.6 Å². The van der Waals surface area contributed by atoms with E-state index in [2.05, 4.69) is 10.3 Å². The molecule has 1 amide bonds. The number of anilines is 2. The van der Waals surface area contributed by atoms with E-state index in [-0.39, 0.29) is 35.6 Å². The monoisotopic (exact) mass is 495 g/mol. The summed E-state index contributed by atoms with van der Waals surface area (Å²) in [4.78, 5) is 18.7. The number of benzene rings is 1. The molecular weight excluding hydrogens is 470 g/mol. The number of halogens is 4. The van der Waals surface area contributed by atoms with Crippen LogP contribution in [0.1, 0.15) is 41.9 Å². The fraction of sp³-hybridized carbons (Fsp3) is 0.583. The topological polar surface area (TPSA) is 76.8 Å². The van der Waals surface area contributed by atoms with Crippen molar-refractivity contribution < 1.29 is 36.2 Å². The van der Waals surface area contributed by atoms with Gasteiger partial charge in [-0.25, -0.2) is 4.39 Å². The predicted molar refractivity (Wildman–Crippen MR) is 116 cm³/mol. The van der Waals surface area contributed by atoms with Crippen molar-refractivity contribution in [2.45, 2.75) is 50.5 Å². The Morgan fingerprint density at radius 1 is 1.17 bits per heavy atom. The molecule has 5 atom stereocenters. The molecular formula is C24H25F4N3O4. The molecule has 7 nitrogen and oxygen atoms in total. The summed E-state index contributed by atoms with van der Waals surface area (Å²) in [5.74, 6) is -0.410. The average Bonchev–Trinajstić information content (AvgIpc) is 3.22. The maximum absolute atomic E-state index is 14.6. The molecule has 0 radical (unpaired) electrons. The minimum absolute atomic E-state index is 0.0114. The highest BCUT2D eigenvalue weighted by molar-refractivity contribution is 6.03. The van der Waals surface area contributed by atoms with E-state index in [0.717, 1.165) is 25.3 Å². The van der Waals surface area contributed by atoms with Crippen molar-refractivity contribution in [3.05, 3.63) is 35.5 Å². The van der Waals surface area contributed by atoms with E-state index in [1.165, 1.54) is 18.6 Å². The third-order valence-corrected chi connectivity index (χ3v) is 7.42. The number of hydrogen-bond donors (Lipinski definition) is 1. The molecule has 2 aliphatic heterocycles. The number of alkyl halides is 3. The fourth-order valence-electron chi connectivity index (χ4n) is 5.59. The van der Waals surface area contributed by atoms with Gasteiger partial charge in [0.25, 0.3) is 11.9 Å². The fourth-order valence-corrected chi connectivity index (χ4v) is 5.59. The SMILES string of the molecule is O=C(Nc1ccc(OC2CC3C[C@H]3C2)c(F)c1)c1nc(N2CC3CCOC3C2)oc1CC(F)(F)F. The summed E-state index contributed by atoms with van der Waals surface area (Å²) < 4.78 is 70.9. The summed E-state index contributed by atoms with van der Waals surface area (Å²) in [5.41, 5.74) is -0.387. The van der Waals surface area contributed by atoms with Gasteiger partial charge >= 0.3 is 6.18 Å². The van der Waals surface area contributed by atoms with E-state index in [0.29, 0.717) is 31.5 Å². The summed E-state index contributed by atoms with van der Waals surface area (Å²) in [6, 6.07) is 3.92. The molecule has 35 heavy (non-hydrogen) atoms. The molecule has 11 heteroatoms. The molecule has 4 aliphatic rings. The van der Waals surface area contributed by atoms with Crippen molar-refractivity contribution in [2.75, 3.05) is 29.9 Å². The molecule has 188 valence electrons. The van der Waals surface area contributed by atoms with E-state index >= 15 is 0 Å². The molecule has 2 saturated carbocycles. The maximum Gasteiger partial charge on any atom is 0.396 e. The summed E-state index contributed by atoms with van der Waals surface area (Å²) in [6.45, 7) is 1.63. The van der Waals surface area contributed by atoms with Crippen LogP contribution in [0.15, 0.2) is 22.6 Å². The number of nitrogens with zero attached hydrogens (tertiary/aromatic N) is 2. The van der Waals surface area contributed by atoms with E-state index in [1.54, 1.807) is 4.90 Å². The van der Waals surface area contributed by atoms with Crippen LogP contribution in [-0.2, 0) is 11.2 Å². The lowest BCUT2D eigenvalue weighted by molar-refractivity contribution is -0.130. The number of fused-ring (bicyclic) bond motifs is 2. The van der Waals surface area contributed by atoms with Crippen molar-refractivity contribution in [2.24, 2.45) is 17.8 Å². The molecule has 2 saturated heterocycles. The minimum Gasteiger partial charge on any atom is -0.487 e. The van der Waals surface area contributed by atoms with Gasteiger partial charge in [0.05, 0.1) is 12.2 Å². The van der Waals surface area contributed by atoms with Gasteiger partial charge in [0.15, 0.2) is 17.3 Å². The summed E-state index contributed by atoms with van der Waals surface area (Å²) in [5, 5.41) is 2.44. The number of aromatic nitrogens is 1. The zero-order chi connectivity index (χ0) is 24.3. The highest BCUT2D eigenvalue weighted by Crippen LogP contribution is 2.52. The molecule has 0 spiro atoms. The van der Waals surface area contributed by atoms with Gasteiger partial charge in [-0.1, -0.05) is 0 Å². The first-order chi connectivity index (χ1) is 16.7. The Kier molecular flexibility index (Phi) is 5.43. The first-order valence-electron chi connectivity index (χ1n) is 11.9. The number of rotatable bonds is 6. The van der Waals surface area contributed by atoms with Crippen LogP contribution >= 0.6 is 0 Å². The minimum atomic E-state index is -4.59. The van der Waals surface area contributed by atoms with Crippen molar-refractivity contribution in [1.29, 1.82) is 0 Å². The van der Waals surface area contributed by atoms with Crippen LogP contribution in [0.3, 0.4) is 0 Å². The van der Waals surface area contributed by atoms with E-state index in [1.807, 2.05) is 0 Å². The Labute approximate surface area is 198 Å². The first kappa shape index (κ1) is 22.6. The van der Waals surface area contributed by atoms with Gasteiger partial charge in [-0.05, 0) is 49.7 Å². The lowest BCUT2D eigenvalue weighted by Gasteiger charge is -2.16. The number of amides is 1. The number of hydrogen-bond acceptors (Lipinski definition) is 6. The lowest BCUT2D eigenvalue weighted by atomic mass is 10.1. The number of nitrogens with one attached hydrogen (secondary N) is 1. The Morgan fingerprint density at radius 3 is 2.69 bits per heavy atom. The van der Waals surface area contributed by atoms with Crippen LogP contribution in [-0.4, -0.2) is 49.0 Å². The first-order valence-corrected chi connectivity index (χ1v) is 11.9. The maximum atomic E-state index is 14.6. The summed E-state index contributed by atoms with van der Waals surface area (Å²) in [6.07, 6.45) is -2.15. The Hall–Kier alpha value is -2.82. The van der Waals surface area contributed by atoms with Crippen molar-refractivity contribution >= 4 is 17.6 Å². The van der Waals surface area contributed by atoms with Gasteiger partial charge in [-0.3, -0.25) is 4.79 Å². The quantitative estimate of drug-likeness (QED) is 0.592. The second kappa shape index (κ2) is 8.39. The van der Waals surface area contributed by atoms with E-state index in [4.69, 9.17) is 13.9 Å². The number of carbonyl (C=O) groups excluding carboxylic acids is 1. The molecule has 2 aromatic rings. The molecule has 4 unspecified atom stereocenters. The highest BCUT2D eigenvalue weighted by Gasteiger charge is 2.47. The predicted octanol–water partition coefficient (Wildman–Crippen LogP) is 4.57. The zero-order valence-electron chi connectivity index (χ0n) is 18.8. The van der Waals surface area contributed by atoms with Gasteiger partial charge in [0.1, 0.15) is 12.2 Å². The number of oxazole rings is 1. The molecule has 0 bridgehead atoms. The summed E-state index contributed by atoms with van der Waals surface area (Å²) in [7, 11) is 0. The Bertz CT molecular complexity index is 1110. The third kappa shape index (κ3) is 4.70. The van der Waals surface area contributed by atoms with Gasteiger partial charge in [-0.2, -0.15) is 18.2 Å². The second-order valence-corrected chi connectivity index (χ2v) is 9.99. The van der Waals surface area contributed by atoms with Crippen LogP contribution in [0.25, 0.3) is 0 Å². The van der Waals surface area contributed by atoms with E-state index in [9.17, 15) is 22.4 Å². The normalized spacial score (nSPS) is 29.3. The number of carbonyl (C=O) groups is 1. The van der Waals surface area contributed by atoms with Gasteiger partial charge in [0, 0.05) is 37.4 Å². The molecule has 4 fully saturated rings. The Balaban J connectivity index is 1.17. The van der Waals surface area contributed by atoms with Gasteiger partial charge in [-0.15, -0.1) is 0 Å². The van der Waals surface area contributed by atoms with Crippen molar-refractivity contribution in [1.82, 2.24) is 4.98 Å². The zero-order valence-corrected chi connectivity index (χ0v) is 18.8. The Morgan fingerprint density at radius 2 is 1.97 bits per heavy atom. The van der Waals surface area contributed by atoms with E-state index < -0.39 is 35.8 Å². The van der Waals surface area contributed by atoms with Crippen LogP contribution in [0.2, 0.25) is 0 Å². The molecule has 2 aliphatic carbocycles. The molecule has 1 N–H and O–H groups in total. The second-order valence-electron chi connectivity index (χ2n) is 9.99. The van der Waals surface area contributed by atoms with Crippen LogP contribution in [0.4, 0.5) is 29.3 Å².